The number of aromatic nitrogens is 1. The number of ether oxygens (including phenoxy) is 1. The van der Waals surface area contributed by atoms with Gasteiger partial charge in [-0.1, -0.05) is 19.9 Å². The minimum Gasteiger partial charge on any atom is -0.373 e. The molecule has 0 saturated heterocycles. The maximum Gasteiger partial charge on any atom is 0.145 e. The van der Waals surface area contributed by atoms with Gasteiger partial charge in [0.2, 0.25) is 0 Å². The zero-order valence-corrected chi connectivity index (χ0v) is 9.40. The molecule has 0 aliphatic heterocycles. The van der Waals surface area contributed by atoms with Crippen LogP contribution >= 0.6 is 0 Å². The zero-order valence-electron chi connectivity index (χ0n) is 9.40. The molecule has 0 aliphatic carbocycles. The third-order valence-electron chi connectivity index (χ3n) is 2.44. The third kappa shape index (κ3) is 3.34. The van der Waals surface area contributed by atoms with E-state index in [-0.39, 0.29) is 6.10 Å². The van der Waals surface area contributed by atoms with Gasteiger partial charge in [0.05, 0.1) is 12.7 Å². The lowest BCUT2D eigenvalue weighted by molar-refractivity contribution is 0.0233. The SMILES string of the molecule is CC(C)C(C)OCc1cccnc1C#N. The standard InChI is InChI=1S/C12H16N2O/c1-9(2)10(3)15-8-11-5-4-6-14-12(11)7-13/h4-6,9-10H,8H2,1-3H3. The molecule has 80 valence electrons. The van der Waals surface area contributed by atoms with Crippen molar-refractivity contribution in [1.82, 2.24) is 4.98 Å². The Kier molecular flexibility index (Phi) is 4.26. The second kappa shape index (κ2) is 5.47. The molecule has 1 aromatic heterocycles. The highest BCUT2D eigenvalue weighted by molar-refractivity contribution is 5.29. The second-order valence-electron chi connectivity index (χ2n) is 3.88. The minimum atomic E-state index is 0.191. The smallest absolute Gasteiger partial charge is 0.145 e. The average molecular weight is 204 g/mol. The quantitative estimate of drug-likeness (QED) is 0.757. The van der Waals surface area contributed by atoms with Gasteiger partial charge in [0.15, 0.2) is 0 Å². The van der Waals surface area contributed by atoms with Crippen LogP contribution in [0.5, 0.6) is 0 Å². The lowest BCUT2D eigenvalue weighted by Gasteiger charge is -2.16. The molecule has 0 aliphatic rings. The van der Waals surface area contributed by atoms with Crippen LogP contribution < -0.4 is 0 Å². The highest BCUT2D eigenvalue weighted by atomic mass is 16.5. The Balaban J connectivity index is 2.62. The molecule has 1 atom stereocenters. The predicted molar refractivity (Wildman–Crippen MR) is 58.0 cm³/mol. The molecular formula is C12H16N2O. The van der Waals surface area contributed by atoms with Crippen LogP contribution in [0.4, 0.5) is 0 Å². The first kappa shape index (κ1) is 11.7. The molecule has 0 fully saturated rings. The van der Waals surface area contributed by atoms with E-state index in [4.69, 9.17) is 10.00 Å². The van der Waals surface area contributed by atoms with Crippen molar-refractivity contribution in [2.45, 2.75) is 33.5 Å². The summed E-state index contributed by atoms with van der Waals surface area (Å²) in [6.45, 7) is 6.71. The third-order valence-corrected chi connectivity index (χ3v) is 2.44. The summed E-state index contributed by atoms with van der Waals surface area (Å²) in [6, 6.07) is 5.75. The van der Waals surface area contributed by atoms with E-state index in [9.17, 15) is 0 Å². The van der Waals surface area contributed by atoms with E-state index in [2.05, 4.69) is 24.9 Å². The van der Waals surface area contributed by atoms with Crippen LogP contribution in [0.3, 0.4) is 0 Å². The Bertz CT molecular complexity index is 355. The first-order chi connectivity index (χ1) is 7.15. The molecule has 1 rings (SSSR count). The van der Waals surface area contributed by atoms with Gasteiger partial charge in [-0.3, -0.25) is 0 Å². The predicted octanol–water partition coefficient (Wildman–Crippen LogP) is 2.51. The van der Waals surface area contributed by atoms with Gasteiger partial charge in [0.1, 0.15) is 11.8 Å². The molecule has 1 aromatic rings. The fourth-order valence-electron chi connectivity index (χ4n) is 1.07. The maximum absolute atomic E-state index is 8.82. The van der Waals surface area contributed by atoms with Crippen LogP contribution in [0.2, 0.25) is 0 Å². The summed E-state index contributed by atoms with van der Waals surface area (Å²) in [5.74, 6) is 0.479. The van der Waals surface area contributed by atoms with Crippen LogP contribution in [0.25, 0.3) is 0 Å². The topological polar surface area (TPSA) is 45.9 Å². The molecule has 3 heteroatoms. The first-order valence-corrected chi connectivity index (χ1v) is 5.10. The lowest BCUT2D eigenvalue weighted by atomic mass is 10.1. The Morgan fingerprint density at radius 3 is 2.80 bits per heavy atom. The Morgan fingerprint density at radius 1 is 1.47 bits per heavy atom. The highest BCUT2D eigenvalue weighted by Crippen LogP contribution is 2.11. The van der Waals surface area contributed by atoms with Crippen LogP contribution in [-0.4, -0.2) is 11.1 Å². The molecule has 0 radical (unpaired) electrons. The molecule has 3 nitrogen and oxygen atoms in total. The van der Waals surface area contributed by atoms with Crippen LogP contribution in [0.15, 0.2) is 18.3 Å². The van der Waals surface area contributed by atoms with Crippen molar-refractivity contribution in [3.05, 3.63) is 29.6 Å². The number of nitriles is 1. The van der Waals surface area contributed by atoms with Crippen LogP contribution in [-0.2, 0) is 11.3 Å². The van der Waals surface area contributed by atoms with Crippen molar-refractivity contribution in [3.8, 4) is 6.07 Å². The Hall–Kier alpha value is -1.40. The maximum atomic E-state index is 8.82. The van der Waals surface area contributed by atoms with Crippen molar-refractivity contribution < 1.29 is 4.74 Å². The van der Waals surface area contributed by atoms with Crippen molar-refractivity contribution in [3.63, 3.8) is 0 Å². The van der Waals surface area contributed by atoms with E-state index in [1.807, 2.05) is 19.1 Å². The monoisotopic (exact) mass is 204 g/mol. The van der Waals surface area contributed by atoms with Gasteiger partial charge in [-0.2, -0.15) is 5.26 Å². The number of hydrogen-bond donors (Lipinski definition) is 0. The van der Waals surface area contributed by atoms with Gasteiger partial charge in [0.25, 0.3) is 0 Å². The highest BCUT2D eigenvalue weighted by Gasteiger charge is 2.09. The summed E-state index contributed by atoms with van der Waals surface area (Å²) < 4.78 is 5.64. The molecule has 0 N–H and O–H groups in total. The van der Waals surface area contributed by atoms with Crippen molar-refractivity contribution in [1.29, 1.82) is 5.26 Å². The van der Waals surface area contributed by atoms with E-state index in [0.717, 1.165) is 5.56 Å². The van der Waals surface area contributed by atoms with Crippen molar-refractivity contribution in [2.24, 2.45) is 5.92 Å². The van der Waals surface area contributed by atoms with E-state index in [1.54, 1.807) is 6.20 Å². The van der Waals surface area contributed by atoms with Crippen LogP contribution in [0.1, 0.15) is 32.0 Å². The van der Waals surface area contributed by atoms with Gasteiger partial charge >= 0.3 is 0 Å². The first-order valence-electron chi connectivity index (χ1n) is 5.10. The summed E-state index contributed by atoms with van der Waals surface area (Å²) >= 11 is 0. The number of rotatable bonds is 4. The summed E-state index contributed by atoms with van der Waals surface area (Å²) in [5.41, 5.74) is 1.31. The van der Waals surface area contributed by atoms with Crippen molar-refractivity contribution in [2.75, 3.05) is 0 Å². The summed E-state index contributed by atoms with van der Waals surface area (Å²) in [5, 5.41) is 8.82. The van der Waals surface area contributed by atoms with Crippen LogP contribution in [0, 0.1) is 17.2 Å². The molecule has 0 bridgehead atoms. The molecule has 1 unspecified atom stereocenters. The molecular weight excluding hydrogens is 188 g/mol. The summed E-state index contributed by atoms with van der Waals surface area (Å²) in [7, 11) is 0. The van der Waals surface area contributed by atoms with Gasteiger partial charge in [-0.05, 0) is 18.9 Å². The minimum absolute atomic E-state index is 0.191. The van der Waals surface area contributed by atoms with E-state index in [0.29, 0.717) is 18.2 Å². The van der Waals surface area contributed by atoms with Gasteiger partial charge in [-0.25, -0.2) is 4.98 Å². The fraction of sp³-hybridized carbons (Fsp3) is 0.500. The zero-order chi connectivity index (χ0) is 11.3. The normalized spacial score (nSPS) is 12.5. The van der Waals surface area contributed by atoms with Gasteiger partial charge < -0.3 is 4.74 Å². The molecule has 0 saturated carbocycles. The summed E-state index contributed by atoms with van der Waals surface area (Å²) in [4.78, 5) is 3.98. The molecule has 0 spiro atoms. The second-order valence-corrected chi connectivity index (χ2v) is 3.88. The van der Waals surface area contributed by atoms with Gasteiger partial charge in [0, 0.05) is 11.8 Å². The molecule has 0 aromatic carbocycles. The lowest BCUT2D eigenvalue weighted by Crippen LogP contribution is -2.15. The van der Waals surface area contributed by atoms with E-state index >= 15 is 0 Å². The van der Waals surface area contributed by atoms with E-state index < -0.39 is 0 Å². The Labute approximate surface area is 90.7 Å². The average Bonchev–Trinajstić information content (AvgIpc) is 2.26. The molecule has 0 amide bonds. The summed E-state index contributed by atoms with van der Waals surface area (Å²) in [6.07, 6.45) is 1.81. The fourth-order valence-corrected chi connectivity index (χ4v) is 1.07. The molecule has 15 heavy (non-hydrogen) atoms. The molecule has 1 heterocycles. The number of nitrogens with zero attached hydrogens (tertiary/aromatic N) is 2. The Morgan fingerprint density at radius 2 is 2.20 bits per heavy atom. The van der Waals surface area contributed by atoms with Crippen molar-refractivity contribution >= 4 is 0 Å². The number of hydrogen-bond acceptors (Lipinski definition) is 3. The van der Waals surface area contributed by atoms with Gasteiger partial charge in [-0.15, -0.1) is 0 Å². The van der Waals surface area contributed by atoms with E-state index in [1.165, 1.54) is 0 Å². The largest absolute Gasteiger partial charge is 0.373 e. The number of pyridine rings is 1.